The molecule has 1 aromatic carbocycles. The van der Waals surface area contributed by atoms with Gasteiger partial charge in [0.2, 0.25) is 0 Å². The van der Waals surface area contributed by atoms with Gasteiger partial charge in [0.1, 0.15) is 5.69 Å². The summed E-state index contributed by atoms with van der Waals surface area (Å²) < 4.78 is 0. The van der Waals surface area contributed by atoms with Crippen LogP contribution >= 0.6 is 0 Å². The molecule has 1 saturated heterocycles. The molecule has 1 aromatic rings. The van der Waals surface area contributed by atoms with Crippen LogP contribution in [0.5, 0.6) is 0 Å². The molecule has 0 aliphatic carbocycles. The molecule has 1 aliphatic heterocycles. The number of benzene rings is 1. The fourth-order valence-electron chi connectivity index (χ4n) is 3.03. The lowest BCUT2D eigenvalue weighted by molar-refractivity contribution is -0.384. The highest BCUT2D eigenvalue weighted by molar-refractivity contribution is 5.66. The van der Waals surface area contributed by atoms with Crippen LogP contribution in [0.4, 0.5) is 11.4 Å². The van der Waals surface area contributed by atoms with E-state index < -0.39 is 0 Å². The van der Waals surface area contributed by atoms with Crippen LogP contribution in [-0.4, -0.2) is 30.6 Å². The van der Waals surface area contributed by atoms with E-state index in [1.807, 2.05) is 25.1 Å². The molecular formula is C16H25N3O2. The molecule has 0 bridgehead atoms. The Kier molecular flexibility index (Phi) is 5.17. The number of aryl methyl sites for hydroxylation is 1. The minimum absolute atomic E-state index is 0.246. The van der Waals surface area contributed by atoms with Crippen molar-refractivity contribution in [2.24, 2.45) is 5.92 Å². The summed E-state index contributed by atoms with van der Waals surface area (Å²) in [6.45, 7) is 8.83. The molecule has 1 heterocycles. The number of anilines is 1. The van der Waals surface area contributed by atoms with Gasteiger partial charge in [0.25, 0.3) is 5.69 Å². The Morgan fingerprint density at radius 3 is 2.81 bits per heavy atom. The Bertz CT molecular complexity index is 496. The molecule has 2 rings (SSSR count). The quantitative estimate of drug-likeness (QED) is 0.646. The standard InChI is InChI=1S/C16H25N3O2/c1-12(2)10-18(11-14-7-5-9-17-14)15-8-4-6-13(3)16(15)19(20)21/h4,6,8,12,14,17H,5,7,9-11H2,1-3H3. The van der Waals surface area contributed by atoms with E-state index in [0.29, 0.717) is 12.0 Å². The molecular weight excluding hydrogens is 266 g/mol. The molecule has 5 nitrogen and oxygen atoms in total. The van der Waals surface area contributed by atoms with E-state index in [-0.39, 0.29) is 10.6 Å². The Morgan fingerprint density at radius 1 is 1.48 bits per heavy atom. The zero-order chi connectivity index (χ0) is 15.4. The third-order valence-electron chi connectivity index (χ3n) is 3.93. The first-order valence-electron chi connectivity index (χ1n) is 7.71. The summed E-state index contributed by atoms with van der Waals surface area (Å²) in [6, 6.07) is 6.03. The minimum atomic E-state index is -0.250. The van der Waals surface area contributed by atoms with Gasteiger partial charge >= 0.3 is 0 Å². The van der Waals surface area contributed by atoms with E-state index in [1.54, 1.807) is 0 Å². The average molecular weight is 291 g/mol. The van der Waals surface area contributed by atoms with Crippen LogP contribution in [0.2, 0.25) is 0 Å². The summed E-state index contributed by atoms with van der Waals surface area (Å²) in [7, 11) is 0. The van der Waals surface area contributed by atoms with Crippen molar-refractivity contribution < 1.29 is 4.92 Å². The van der Waals surface area contributed by atoms with Crippen LogP contribution in [0.15, 0.2) is 18.2 Å². The molecule has 21 heavy (non-hydrogen) atoms. The molecule has 0 amide bonds. The van der Waals surface area contributed by atoms with Crippen LogP contribution in [0, 0.1) is 23.0 Å². The maximum Gasteiger partial charge on any atom is 0.295 e. The third kappa shape index (κ3) is 3.94. The number of nitrogens with zero attached hydrogens (tertiary/aromatic N) is 2. The SMILES string of the molecule is Cc1cccc(N(CC(C)C)CC2CCCN2)c1[N+](=O)[O-]. The number of hydrogen-bond donors (Lipinski definition) is 1. The fourth-order valence-corrected chi connectivity index (χ4v) is 3.03. The maximum absolute atomic E-state index is 11.4. The van der Waals surface area contributed by atoms with Crippen LogP contribution in [-0.2, 0) is 0 Å². The van der Waals surface area contributed by atoms with E-state index in [0.717, 1.165) is 37.3 Å². The van der Waals surface area contributed by atoms with Gasteiger partial charge in [-0.2, -0.15) is 0 Å². The fraction of sp³-hybridized carbons (Fsp3) is 0.625. The summed E-state index contributed by atoms with van der Waals surface area (Å²) in [5.74, 6) is 0.464. The number of hydrogen-bond acceptors (Lipinski definition) is 4. The van der Waals surface area contributed by atoms with Gasteiger partial charge in [0.05, 0.1) is 4.92 Å². The highest BCUT2D eigenvalue weighted by atomic mass is 16.6. The Morgan fingerprint density at radius 2 is 2.24 bits per heavy atom. The van der Waals surface area contributed by atoms with E-state index in [9.17, 15) is 10.1 Å². The number of nitrogens with one attached hydrogen (secondary N) is 1. The molecule has 1 atom stereocenters. The van der Waals surface area contributed by atoms with Gasteiger partial charge < -0.3 is 10.2 Å². The van der Waals surface area contributed by atoms with E-state index in [1.165, 1.54) is 6.42 Å². The van der Waals surface area contributed by atoms with Gasteiger partial charge in [-0.1, -0.05) is 26.0 Å². The predicted octanol–water partition coefficient (Wildman–Crippen LogP) is 3.12. The van der Waals surface area contributed by atoms with Gasteiger partial charge in [-0.3, -0.25) is 10.1 Å². The Hall–Kier alpha value is -1.62. The molecule has 0 aromatic heterocycles. The highest BCUT2D eigenvalue weighted by Crippen LogP contribution is 2.32. The van der Waals surface area contributed by atoms with E-state index in [4.69, 9.17) is 0 Å². The van der Waals surface area contributed by atoms with Gasteiger partial charge in [0.15, 0.2) is 0 Å². The van der Waals surface area contributed by atoms with Gasteiger partial charge in [-0.25, -0.2) is 0 Å². The smallest absolute Gasteiger partial charge is 0.295 e. The average Bonchev–Trinajstić information content (AvgIpc) is 2.89. The largest absolute Gasteiger partial charge is 0.364 e. The van der Waals surface area contributed by atoms with Crippen LogP contribution < -0.4 is 10.2 Å². The number of nitro groups is 1. The predicted molar refractivity (Wildman–Crippen MR) is 85.9 cm³/mol. The second-order valence-corrected chi connectivity index (χ2v) is 6.29. The number of para-hydroxylation sites is 1. The maximum atomic E-state index is 11.4. The lowest BCUT2D eigenvalue weighted by Gasteiger charge is -2.29. The Labute approximate surface area is 126 Å². The molecule has 1 fully saturated rings. The van der Waals surface area contributed by atoms with Crippen molar-refractivity contribution in [2.45, 2.75) is 39.7 Å². The van der Waals surface area contributed by atoms with E-state index in [2.05, 4.69) is 24.1 Å². The summed E-state index contributed by atoms with van der Waals surface area (Å²) in [6.07, 6.45) is 2.34. The zero-order valence-electron chi connectivity index (χ0n) is 13.1. The van der Waals surface area contributed by atoms with Crippen LogP contribution in [0.1, 0.15) is 32.3 Å². The van der Waals surface area contributed by atoms with Gasteiger partial charge in [0, 0.05) is 24.7 Å². The topological polar surface area (TPSA) is 58.4 Å². The van der Waals surface area contributed by atoms with Crippen molar-refractivity contribution in [2.75, 3.05) is 24.5 Å². The molecule has 1 N–H and O–H groups in total. The summed E-state index contributed by atoms with van der Waals surface area (Å²) in [5, 5.41) is 14.9. The molecule has 5 heteroatoms. The first-order valence-corrected chi connectivity index (χ1v) is 7.71. The van der Waals surface area contributed by atoms with Gasteiger partial charge in [-0.15, -0.1) is 0 Å². The van der Waals surface area contributed by atoms with Crippen molar-refractivity contribution in [3.8, 4) is 0 Å². The lowest BCUT2D eigenvalue weighted by Crippen LogP contribution is -2.39. The third-order valence-corrected chi connectivity index (χ3v) is 3.93. The second kappa shape index (κ2) is 6.89. The number of rotatable bonds is 6. The second-order valence-electron chi connectivity index (χ2n) is 6.29. The van der Waals surface area contributed by atoms with Crippen LogP contribution in [0.25, 0.3) is 0 Å². The zero-order valence-corrected chi connectivity index (χ0v) is 13.1. The molecule has 0 spiro atoms. The van der Waals surface area contributed by atoms with Crippen molar-refractivity contribution in [1.29, 1.82) is 0 Å². The van der Waals surface area contributed by atoms with E-state index >= 15 is 0 Å². The molecule has 116 valence electrons. The van der Waals surface area contributed by atoms with Crippen molar-refractivity contribution in [3.63, 3.8) is 0 Å². The normalized spacial score (nSPS) is 18.2. The molecule has 0 radical (unpaired) electrons. The van der Waals surface area contributed by atoms with Crippen molar-refractivity contribution in [3.05, 3.63) is 33.9 Å². The van der Waals surface area contributed by atoms with Crippen LogP contribution in [0.3, 0.4) is 0 Å². The molecule has 0 saturated carbocycles. The highest BCUT2D eigenvalue weighted by Gasteiger charge is 2.25. The summed E-state index contributed by atoms with van der Waals surface area (Å²) in [4.78, 5) is 13.4. The molecule has 1 unspecified atom stereocenters. The van der Waals surface area contributed by atoms with Crippen molar-refractivity contribution in [1.82, 2.24) is 5.32 Å². The number of nitro benzene ring substituents is 1. The van der Waals surface area contributed by atoms with Crippen molar-refractivity contribution >= 4 is 11.4 Å². The summed E-state index contributed by atoms with van der Waals surface area (Å²) >= 11 is 0. The monoisotopic (exact) mass is 291 g/mol. The van der Waals surface area contributed by atoms with Gasteiger partial charge in [-0.05, 0) is 38.3 Å². The summed E-state index contributed by atoms with van der Waals surface area (Å²) in [5.41, 5.74) is 1.73. The molecule has 1 aliphatic rings. The first-order chi connectivity index (χ1) is 9.99. The Balaban J connectivity index is 2.31. The minimum Gasteiger partial charge on any atom is -0.364 e. The first kappa shape index (κ1) is 15.8. The lowest BCUT2D eigenvalue weighted by atomic mass is 10.1.